The van der Waals surface area contributed by atoms with Crippen LogP contribution < -0.4 is 21.3 Å². The topological polar surface area (TPSA) is 108 Å². The zero-order chi connectivity index (χ0) is 24.2. The van der Waals surface area contributed by atoms with Crippen molar-refractivity contribution in [3.05, 3.63) is 51.9 Å². The Morgan fingerprint density at radius 1 is 1.17 bits per heavy atom. The molecule has 0 radical (unpaired) electrons. The highest BCUT2D eigenvalue weighted by molar-refractivity contribution is 6.36. The third-order valence-corrected chi connectivity index (χ3v) is 7.83. The molecule has 2 amide bonds. The van der Waals surface area contributed by atoms with Crippen molar-refractivity contribution in [2.24, 2.45) is 10.9 Å². The smallest absolute Gasteiger partial charge is 0.258 e. The Balaban J connectivity index is 1.25. The van der Waals surface area contributed by atoms with Crippen molar-refractivity contribution in [2.75, 3.05) is 18.4 Å². The summed E-state index contributed by atoms with van der Waals surface area (Å²) in [6.07, 6.45) is 7.48. The first-order chi connectivity index (χ1) is 16.9. The number of hydrogen-bond donors (Lipinski definition) is 4. The minimum atomic E-state index is -0.584. The standard InChI is InChI=1S/C25H26ClFN6O2/c26-19-16(23(35)33-25-5-3-13(11-25)12-25)4-6-28-21(19)31-20-17(14-1-2-14)9-15(10-18(20)27)22(34)32-24-29-7-8-30-24/h4,6,9-10,13-14H,1-3,5,7-8,11-12H2,(H,28,31)(H,33,35)(H2,29,30,32,34). The van der Waals surface area contributed by atoms with Gasteiger partial charge in [-0.3, -0.25) is 19.9 Å². The number of aromatic nitrogens is 1. The molecule has 0 atom stereocenters. The van der Waals surface area contributed by atoms with Crippen LogP contribution in [0.15, 0.2) is 29.4 Å². The fourth-order valence-corrected chi connectivity index (χ4v) is 5.74. The number of benzene rings is 1. The highest BCUT2D eigenvalue weighted by Crippen LogP contribution is 2.52. The number of anilines is 2. The van der Waals surface area contributed by atoms with Crippen LogP contribution in [0.4, 0.5) is 15.9 Å². The van der Waals surface area contributed by atoms with E-state index in [0.717, 1.165) is 44.4 Å². The van der Waals surface area contributed by atoms with E-state index >= 15 is 4.39 Å². The Morgan fingerprint density at radius 2 is 2.00 bits per heavy atom. The number of nitrogens with zero attached hydrogens (tertiary/aromatic N) is 2. The Bertz CT molecular complexity index is 1250. The molecule has 2 bridgehead atoms. The molecule has 7 rings (SSSR count). The predicted molar refractivity (Wildman–Crippen MR) is 131 cm³/mol. The maximum atomic E-state index is 15.3. The summed E-state index contributed by atoms with van der Waals surface area (Å²) in [5, 5.41) is 12.0. The van der Waals surface area contributed by atoms with Crippen molar-refractivity contribution in [2.45, 2.75) is 50.0 Å². The fourth-order valence-electron chi connectivity index (χ4n) is 5.50. The summed E-state index contributed by atoms with van der Waals surface area (Å²) in [4.78, 5) is 34.1. The second kappa shape index (κ2) is 8.48. The van der Waals surface area contributed by atoms with Crippen LogP contribution in [0, 0.1) is 11.7 Å². The zero-order valence-electron chi connectivity index (χ0n) is 19.1. The van der Waals surface area contributed by atoms with Crippen molar-refractivity contribution in [3.8, 4) is 0 Å². The van der Waals surface area contributed by atoms with E-state index in [4.69, 9.17) is 11.6 Å². The minimum Gasteiger partial charge on any atom is -0.354 e. The van der Waals surface area contributed by atoms with Gasteiger partial charge in [-0.2, -0.15) is 0 Å². The van der Waals surface area contributed by atoms with Gasteiger partial charge in [-0.1, -0.05) is 11.6 Å². The third kappa shape index (κ3) is 4.22. The summed E-state index contributed by atoms with van der Waals surface area (Å²) in [5.74, 6) is 0.211. The Morgan fingerprint density at radius 3 is 2.69 bits per heavy atom. The average molecular weight is 497 g/mol. The lowest BCUT2D eigenvalue weighted by Crippen LogP contribution is -2.51. The van der Waals surface area contributed by atoms with Gasteiger partial charge in [0.15, 0.2) is 5.96 Å². The first-order valence-electron chi connectivity index (χ1n) is 12.1. The van der Waals surface area contributed by atoms with Gasteiger partial charge in [0.05, 0.1) is 22.8 Å². The molecular formula is C25H26ClFN6O2. The molecule has 4 saturated carbocycles. The Labute approximate surface area is 207 Å². The van der Waals surface area contributed by atoms with Gasteiger partial charge < -0.3 is 16.0 Å². The number of hydrogen-bond acceptors (Lipinski definition) is 6. The molecule has 0 spiro atoms. The average Bonchev–Trinajstić information content (AvgIpc) is 3.18. The first-order valence-corrected chi connectivity index (χ1v) is 12.5. The van der Waals surface area contributed by atoms with Crippen molar-refractivity contribution in [1.29, 1.82) is 0 Å². The molecule has 35 heavy (non-hydrogen) atoms. The molecule has 2 aromatic rings. The van der Waals surface area contributed by atoms with Gasteiger partial charge in [-0.15, -0.1) is 0 Å². The van der Waals surface area contributed by atoms with Gasteiger partial charge in [-0.25, -0.2) is 9.37 Å². The molecule has 4 fully saturated rings. The highest BCUT2D eigenvalue weighted by Gasteiger charge is 2.51. The molecule has 1 aliphatic heterocycles. The van der Waals surface area contributed by atoms with E-state index < -0.39 is 11.7 Å². The Hall–Kier alpha value is -3.20. The van der Waals surface area contributed by atoms with Crippen LogP contribution in [0.25, 0.3) is 0 Å². The number of carbonyl (C=O) groups excluding carboxylic acids is 2. The summed E-state index contributed by atoms with van der Waals surface area (Å²) >= 11 is 6.58. The number of rotatable bonds is 6. The van der Waals surface area contributed by atoms with Crippen molar-refractivity contribution >= 4 is 40.9 Å². The summed E-state index contributed by atoms with van der Waals surface area (Å²) < 4.78 is 15.3. The largest absolute Gasteiger partial charge is 0.354 e. The van der Waals surface area contributed by atoms with Gasteiger partial charge in [0, 0.05) is 23.8 Å². The number of fused-ring (bicyclic) bond motifs is 1. The van der Waals surface area contributed by atoms with E-state index in [-0.39, 0.29) is 39.5 Å². The lowest BCUT2D eigenvalue weighted by Gasteiger charge is -2.39. The third-order valence-electron chi connectivity index (χ3n) is 7.45. The monoisotopic (exact) mass is 496 g/mol. The molecule has 5 aliphatic rings. The molecule has 0 unspecified atom stereocenters. The van der Waals surface area contributed by atoms with Gasteiger partial charge in [-0.05, 0) is 74.1 Å². The lowest BCUT2D eigenvalue weighted by molar-refractivity contribution is 0.0840. The summed E-state index contributed by atoms with van der Waals surface area (Å²) in [6, 6.07) is 4.47. The Kier molecular flexibility index (Phi) is 5.40. The van der Waals surface area contributed by atoms with E-state index in [1.165, 1.54) is 12.3 Å². The van der Waals surface area contributed by atoms with Crippen molar-refractivity contribution in [1.82, 2.24) is 20.9 Å². The van der Waals surface area contributed by atoms with Crippen LogP contribution in [0.5, 0.6) is 0 Å². The minimum absolute atomic E-state index is 0.108. The zero-order valence-corrected chi connectivity index (χ0v) is 19.8. The first kappa shape index (κ1) is 22.3. The second-order valence-corrected chi connectivity index (χ2v) is 10.4. The molecule has 4 N–H and O–H groups in total. The van der Waals surface area contributed by atoms with Crippen LogP contribution in [0.1, 0.15) is 70.7 Å². The number of pyridine rings is 1. The number of amides is 2. The van der Waals surface area contributed by atoms with Crippen molar-refractivity contribution in [3.63, 3.8) is 0 Å². The van der Waals surface area contributed by atoms with E-state index in [0.29, 0.717) is 30.2 Å². The summed E-state index contributed by atoms with van der Waals surface area (Å²) in [5.41, 5.74) is 1.33. The molecule has 0 saturated heterocycles. The van der Waals surface area contributed by atoms with Crippen LogP contribution in [0.3, 0.4) is 0 Å². The molecule has 2 heterocycles. The maximum absolute atomic E-state index is 15.3. The number of carbonyl (C=O) groups is 2. The molecule has 10 heteroatoms. The quantitative estimate of drug-likeness (QED) is 0.486. The number of halogens is 2. The lowest BCUT2D eigenvalue weighted by atomic mass is 9.77. The molecule has 1 aromatic heterocycles. The van der Waals surface area contributed by atoms with E-state index in [2.05, 4.69) is 31.2 Å². The van der Waals surface area contributed by atoms with Crippen LogP contribution in [-0.2, 0) is 0 Å². The SMILES string of the molecule is O=C(NC1=NCCN1)c1cc(F)c(Nc2nccc(C(=O)NC34CCC(C3)C4)c2Cl)c(C2CC2)c1. The van der Waals surface area contributed by atoms with E-state index in [1.54, 1.807) is 12.1 Å². The normalized spacial score (nSPS) is 24.3. The predicted octanol–water partition coefficient (Wildman–Crippen LogP) is 3.86. The fraction of sp³-hybridized carbons (Fsp3) is 0.440. The maximum Gasteiger partial charge on any atom is 0.258 e. The van der Waals surface area contributed by atoms with Gasteiger partial charge in [0.25, 0.3) is 11.8 Å². The van der Waals surface area contributed by atoms with E-state index in [9.17, 15) is 9.59 Å². The molecule has 182 valence electrons. The number of guanidine groups is 1. The van der Waals surface area contributed by atoms with Gasteiger partial charge in [0.2, 0.25) is 0 Å². The molecule has 1 aromatic carbocycles. The molecule has 4 aliphatic carbocycles. The van der Waals surface area contributed by atoms with Crippen LogP contribution in [0.2, 0.25) is 5.02 Å². The van der Waals surface area contributed by atoms with Crippen molar-refractivity contribution < 1.29 is 14.0 Å². The summed E-state index contributed by atoms with van der Waals surface area (Å²) in [6.45, 7) is 1.25. The molecule has 8 nitrogen and oxygen atoms in total. The highest BCUT2D eigenvalue weighted by atomic mass is 35.5. The second-order valence-electron chi connectivity index (χ2n) is 10.0. The summed E-state index contributed by atoms with van der Waals surface area (Å²) in [7, 11) is 0. The van der Waals surface area contributed by atoms with E-state index in [1.807, 2.05) is 0 Å². The van der Waals surface area contributed by atoms with Gasteiger partial charge in [0.1, 0.15) is 11.6 Å². The van der Waals surface area contributed by atoms with Crippen LogP contribution >= 0.6 is 11.6 Å². The number of nitrogens with one attached hydrogen (secondary N) is 4. The van der Waals surface area contributed by atoms with Crippen LogP contribution in [-0.4, -0.2) is 41.4 Å². The van der Waals surface area contributed by atoms with Gasteiger partial charge >= 0.3 is 0 Å². The molecular weight excluding hydrogens is 471 g/mol. The number of aliphatic imine (C=N–C) groups is 1.